The van der Waals surface area contributed by atoms with Crippen molar-refractivity contribution in [2.75, 3.05) is 13.7 Å². The normalized spacial score (nSPS) is 20.5. The number of rotatable bonds is 4. The Labute approximate surface area is 117 Å². The van der Waals surface area contributed by atoms with Gasteiger partial charge < -0.3 is 10.1 Å². The molecular formula is C17H27NO. The number of likely N-dealkylation sites (N-methyl/N-ethyl adjacent to an activating group) is 1. The molecule has 2 atom stereocenters. The molecule has 2 nitrogen and oxygen atoms in total. The van der Waals surface area contributed by atoms with Crippen molar-refractivity contribution in [1.82, 2.24) is 5.32 Å². The molecule has 2 rings (SSSR count). The van der Waals surface area contributed by atoms with Crippen molar-refractivity contribution in [3.8, 4) is 5.75 Å². The van der Waals surface area contributed by atoms with E-state index in [4.69, 9.17) is 4.74 Å². The van der Waals surface area contributed by atoms with Gasteiger partial charge in [-0.2, -0.15) is 0 Å². The Morgan fingerprint density at radius 3 is 2.74 bits per heavy atom. The van der Waals surface area contributed by atoms with Gasteiger partial charge in [0.15, 0.2) is 0 Å². The van der Waals surface area contributed by atoms with Crippen molar-refractivity contribution >= 4 is 0 Å². The third-order valence-corrected chi connectivity index (χ3v) is 4.07. The van der Waals surface area contributed by atoms with Gasteiger partial charge >= 0.3 is 0 Å². The van der Waals surface area contributed by atoms with Crippen LogP contribution in [0.25, 0.3) is 0 Å². The highest BCUT2D eigenvalue weighted by Gasteiger charge is 2.28. The lowest BCUT2D eigenvalue weighted by Crippen LogP contribution is -2.35. The first-order valence-electron chi connectivity index (χ1n) is 7.40. The zero-order chi connectivity index (χ0) is 13.9. The van der Waals surface area contributed by atoms with Crippen LogP contribution in [0.4, 0.5) is 0 Å². The minimum Gasteiger partial charge on any atom is -0.493 e. The van der Waals surface area contributed by atoms with E-state index in [1.165, 1.54) is 18.4 Å². The first-order chi connectivity index (χ1) is 9.01. The highest BCUT2D eigenvalue weighted by Crippen LogP contribution is 2.37. The van der Waals surface area contributed by atoms with Gasteiger partial charge in [-0.25, -0.2) is 0 Å². The van der Waals surface area contributed by atoms with Gasteiger partial charge in [0.2, 0.25) is 0 Å². The fourth-order valence-electron chi connectivity index (χ4n) is 2.92. The molecule has 2 unspecified atom stereocenters. The minimum absolute atomic E-state index is 0.403. The maximum Gasteiger partial charge on any atom is 0.122 e. The van der Waals surface area contributed by atoms with Gasteiger partial charge in [0.05, 0.1) is 6.61 Å². The van der Waals surface area contributed by atoms with Gasteiger partial charge in [0.1, 0.15) is 5.75 Å². The second-order valence-corrected chi connectivity index (χ2v) is 6.78. The molecule has 0 aliphatic carbocycles. The topological polar surface area (TPSA) is 21.3 Å². The Morgan fingerprint density at radius 1 is 1.32 bits per heavy atom. The molecule has 0 aromatic heterocycles. The second-order valence-electron chi connectivity index (χ2n) is 6.78. The molecule has 0 saturated heterocycles. The molecule has 1 heterocycles. The Bertz CT molecular complexity index is 408. The average molecular weight is 261 g/mol. The number of benzene rings is 1. The molecule has 2 heteroatoms. The van der Waals surface area contributed by atoms with Crippen molar-refractivity contribution in [3.63, 3.8) is 0 Å². The van der Waals surface area contributed by atoms with Gasteiger partial charge in [-0.3, -0.25) is 0 Å². The maximum absolute atomic E-state index is 5.77. The molecule has 1 N–H and O–H groups in total. The number of fused-ring (bicyclic) bond motifs is 1. The summed E-state index contributed by atoms with van der Waals surface area (Å²) in [7, 11) is 2.09. The highest BCUT2D eigenvalue weighted by molar-refractivity contribution is 5.38. The molecule has 1 aliphatic heterocycles. The van der Waals surface area contributed by atoms with Crippen LogP contribution in [-0.4, -0.2) is 19.7 Å². The Hall–Kier alpha value is -1.02. The molecule has 1 aromatic rings. The largest absolute Gasteiger partial charge is 0.493 e. The first kappa shape index (κ1) is 14.4. The smallest absolute Gasteiger partial charge is 0.122 e. The van der Waals surface area contributed by atoms with Crippen LogP contribution in [0.1, 0.15) is 51.5 Å². The summed E-state index contributed by atoms with van der Waals surface area (Å²) in [6.07, 6.45) is 3.59. The molecule has 0 radical (unpaired) electrons. The number of ether oxygens (including phenoxy) is 1. The number of hydrogen-bond donors (Lipinski definition) is 1. The monoisotopic (exact) mass is 261 g/mol. The number of para-hydroxylation sites is 1. The summed E-state index contributed by atoms with van der Waals surface area (Å²) in [6.45, 7) is 7.79. The molecule has 0 bridgehead atoms. The summed E-state index contributed by atoms with van der Waals surface area (Å²) in [5.74, 6) is 1.66. The van der Waals surface area contributed by atoms with Crippen LogP contribution in [-0.2, 0) is 0 Å². The molecule has 0 fully saturated rings. The second kappa shape index (κ2) is 5.96. The van der Waals surface area contributed by atoms with Crippen molar-refractivity contribution in [2.45, 2.75) is 52.0 Å². The summed E-state index contributed by atoms with van der Waals surface area (Å²) < 4.78 is 5.77. The van der Waals surface area contributed by atoms with Crippen LogP contribution in [0.3, 0.4) is 0 Å². The van der Waals surface area contributed by atoms with E-state index in [0.717, 1.165) is 18.8 Å². The van der Waals surface area contributed by atoms with Crippen LogP contribution in [0.2, 0.25) is 0 Å². The fourth-order valence-corrected chi connectivity index (χ4v) is 2.92. The fraction of sp³-hybridized carbons (Fsp3) is 0.647. The van der Waals surface area contributed by atoms with E-state index >= 15 is 0 Å². The highest BCUT2D eigenvalue weighted by atomic mass is 16.5. The minimum atomic E-state index is 0.403. The Kier molecular flexibility index (Phi) is 4.51. The van der Waals surface area contributed by atoms with Crippen molar-refractivity contribution in [1.29, 1.82) is 0 Å². The third-order valence-electron chi connectivity index (χ3n) is 4.07. The quantitative estimate of drug-likeness (QED) is 0.885. The van der Waals surface area contributed by atoms with E-state index in [2.05, 4.69) is 57.4 Å². The van der Waals surface area contributed by atoms with Crippen LogP contribution >= 0.6 is 0 Å². The first-order valence-corrected chi connectivity index (χ1v) is 7.40. The van der Waals surface area contributed by atoms with Crippen LogP contribution < -0.4 is 10.1 Å². The summed E-state index contributed by atoms with van der Waals surface area (Å²) >= 11 is 0. The van der Waals surface area contributed by atoms with E-state index in [-0.39, 0.29) is 0 Å². The lowest BCUT2D eigenvalue weighted by Gasteiger charge is -2.33. The molecular weight excluding hydrogens is 234 g/mol. The molecule has 1 aliphatic rings. The van der Waals surface area contributed by atoms with Crippen molar-refractivity contribution in [2.24, 2.45) is 5.41 Å². The Morgan fingerprint density at radius 2 is 2.05 bits per heavy atom. The summed E-state index contributed by atoms with van der Waals surface area (Å²) in [5.41, 5.74) is 1.78. The van der Waals surface area contributed by atoms with E-state index in [1.54, 1.807) is 0 Å². The SMILES string of the molecule is CNC(CCC(C)(C)C)C1CCOc2ccccc21. The van der Waals surface area contributed by atoms with Crippen molar-refractivity contribution in [3.05, 3.63) is 29.8 Å². The van der Waals surface area contributed by atoms with Crippen molar-refractivity contribution < 1.29 is 4.74 Å². The molecule has 0 amide bonds. The van der Waals surface area contributed by atoms with Gasteiger partial charge in [0, 0.05) is 12.0 Å². The summed E-state index contributed by atoms with van der Waals surface area (Å²) in [6, 6.07) is 9.05. The predicted molar refractivity (Wildman–Crippen MR) is 80.8 cm³/mol. The van der Waals surface area contributed by atoms with Crippen LogP contribution in [0, 0.1) is 5.41 Å². The molecule has 0 saturated carbocycles. The van der Waals surface area contributed by atoms with Crippen LogP contribution in [0.5, 0.6) is 5.75 Å². The van der Waals surface area contributed by atoms with E-state index < -0.39 is 0 Å². The predicted octanol–water partition coefficient (Wildman–Crippen LogP) is 3.97. The maximum atomic E-state index is 5.77. The lowest BCUT2D eigenvalue weighted by molar-refractivity contribution is 0.234. The Balaban J connectivity index is 2.11. The van der Waals surface area contributed by atoms with Gasteiger partial charge in [-0.05, 0) is 43.4 Å². The van der Waals surface area contributed by atoms with Crippen LogP contribution in [0.15, 0.2) is 24.3 Å². The summed E-state index contributed by atoms with van der Waals surface area (Å²) in [4.78, 5) is 0. The number of hydrogen-bond acceptors (Lipinski definition) is 2. The van der Waals surface area contributed by atoms with E-state index in [0.29, 0.717) is 17.4 Å². The molecule has 106 valence electrons. The third kappa shape index (κ3) is 3.73. The lowest BCUT2D eigenvalue weighted by atomic mass is 9.81. The zero-order valence-electron chi connectivity index (χ0n) is 12.7. The molecule has 1 aromatic carbocycles. The van der Waals surface area contributed by atoms with Gasteiger partial charge in [0.25, 0.3) is 0 Å². The average Bonchev–Trinajstić information content (AvgIpc) is 2.38. The number of nitrogens with one attached hydrogen (secondary N) is 1. The summed E-state index contributed by atoms with van der Waals surface area (Å²) in [5, 5.41) is 3.53. The van der Waals surface area contributed by atoms with Gasteiger partial charge in [-0.15, -0.1) is 0 Å². The zero-order valence-corrected chi connectivity index (χ0v) is 12.7. The molecule has 19 heavy (non-hydrogen) atoms. The molecule has 0 spiro atoms. The van der Waals surface area contributed by atoms with E-state index in [1.807, 2.05) is 0 Å². The van der Waals surface area contributed by atoms with Gasteiger partial charge in [-0.1, -0.05) is 39.0 Å². The van der Waals surface area contributed by atoms with E-state index in [9.17, 15) is 0 Å². The standard InChI is InChI=1S/C17H27NO/c1-17(2,3)11-9-15(18-4)13-10-12-19-16-8-6-5-7-14(13)16/h5-8,13,15,18H,9-12H2,1-4H3.